The lowest BCUT2D eigenvalue weighted by Gasteiger charge is -2.08. The maximum Gasteiger partial charge on any atom is 0.353 e. The van der Waals surface area contributed by atoms with E-state index in [2.05, 4.69) is 21.4 Å². The maximum absolute atomic E-state index is 11.1. The molecule has 6 nitrogen and oxygen atoms in total. The van der Waals surface area contributed by atoms with Gasteiger partial charge >= 0.3 is 5.97 Å². The van der Waals surface area contributed by atoms with Crippen molar-refractivity contribution in [2.75, 3.05) is 17.4 Å². The molecule has 0 heterocycles. The SMILES string of the molecule is O=C(O)C(CNNc1ccccc1)=NNc1ccccc1. The highest BCUT2D eigenvalue weighted by molar-refractivity contribution is 6.36. The van der Waals surface area contributed by atoms with Crippen molar-refractivity contribution < 1.29 is 9.90 Å². The van der Waals surface area contributed by atoms with E-state index >= 15 is 0 Å². The van der Waals surface area contributed by atoms with Crippen LogP contribution in [0.5, 0.6) is 0 Å². The second-order valence-electron chi connectivity index (χ2n) is 4.19. The molecule has 0 bridgehead atoms. The fourth-order valence-corrected chi connectivity index (χ4v) is 1.56. The van der Waals surface area contributed by atoms with Crippen molar-refractivity contribution in [3.8, 4) is 0 Å². The third-order valence-electron chi connectivity index (χ3n) is 2.60. The van der Waals surface area contributed by atoms with Crippen LogP contribution < -0.4 is 16.3 Å². The Bertz CT molecular complexity index is 600. The molecule has 0 aliphatic carbocycles. The lowest BCUT2D eigenvalue weighted by molar-refractivity contribution is -0.129. The number of hydrogen-bond donors (Lipinski definition) is 4. The predicted molar refractivity (Wildman–Crippen MR) is 83.2 cm³/mol. The van der Waals surface area contributed by atoms with Crippen molar-refractivity contribution in [3.05, 3.63) is 60.7 Å². The number of nitrogens with one attached hydrogen (secondary N) is 3. The number of carboxylic acids is 1. The monoisotopic (exact) mass is 284 g/mol. The minimum Gasteiger partial charge on any atom is -0.477 e. The molecule has 0 saturated heterocycles. The molecule has 108 valence electrons. The Hall–Kier alpha value is -2.86. The smallest absolute Gasteiger partial charge is 0.353 e. The second kappa shape index (κ2) is 7.66. The number of benzene rings is 2. The Labute approximate surface area is 122 Å². The number of nitrogens with zero attached hydrogens (tertiary/aromatic N) is 1. The zero-order valence-electron chi connectivity index (χ0n) is 11.3. The molecular formula is C15H16N4O2. The van der Waals surface area contributed by atoms with Crippen molar-refractivity contribution in [1.82, 2.24) is 5.43 Å². The summed E-state index contributed by atoms with van der Waals surface area (Å²) in [6, 6.07) is 18.6. The van der Waals surface area contributed by atoms with Gasteiger partial charge in [0.2, 0.25) is 0 Å². The Morgan fingerprint density at radius 1 is 0.952 bits per heavy atom. The second-order valence-corrected chi connectivity index (χ2v) is 4.19. The summed E-state index contributed by atoms with van der Waals surface area (Å²) in [5.41, 5.74) is 9.99. The van der Waals surface area contributed by atoms with Gasteiger partial charge in [-0.2, -0.15) is 5.10 Å². The molecule has 0 aliphatic rings. The van der Waals surface area contributed by atoms with Crippen molar-refractivity contribution in [3.63, 3.8) is 0 Å². The van der Waals surface area contributed by atoms with Gasteiger partial charge in [0, 0.05) is 5.69 Å². The largest absolute Gasteiger partial charge is 0.477 e. The molecule has 2 aromatic rings. The van der Waals surface area contributed by atoms with Gasteiger partial charge in [0.25, 0.3) is 0 Å². The molecule has 0 amide bonds. The number of hydrogen-bond acceptors (Lipinski definition) is 5. The number of rotatable bonds is 7. The Kier molecular flexibility index (Phi) is 5.31. The molecule has 4 N–H and O–H groups in total. The van der Waals surface area contributed by atoms with Gasteiger partial charge in [-0.1, -0.05) is 36.4 Å². The van der Waals surface area contributed by atoms with E-state index < -0.39 is 5.97 Å². The molecule has 21 heavy (non-hydrogen) atoms. The summed E-state index contributed by atoms with van der Waals surface area (Å²) in [4.78, 5) is 11.1. The van der Waals surface area contributed by atoms with E-state index in [4.69, 9.17) is 5.11 Å². The summed E-state index contributed by atoms with van der Waals surface area (Å²) < 4.78 is 0. The van der Waals surface area contributed by atoms with E-state index in [1.54, 1.807) is 12.1 Å². The number of hydrazone groups is 1. The van der Waals surface area contributed by atoms with Crippen LogP contribution in [-0.4, -0.2) is 23.3 Å². The zero-order valence-corrected chi connectivity index (χ0v) is 11.3. The van der Waals surface area contributed by atoms with E-state index in [-0.39, 0.29) is 12.3 Å². The fourth-order valence-electron chi connectivity index (χ4n) is 1.56. The maximum atomic E-state index is 11.1. The summed E-state index contributed by atoms with van der Waals surface area (Å²) in [6.45, 7) is 0.0735. The third-order valence-corrected chi connectivity index (χ3v) is 2.60. The summed E-state index contributed by atoms with van der Waals surface area (Å²) in [5.74, 6) is -1.08. The Balaban J connectivity index is 1.89. The summed E-state index contributed by atoms with van der Waals surface area (Å²) in [6.07, 6.45) is 0. The zero-order chi connectivity index (χ0) is 14.9. The van der Waals surface area contributed by atoms with Gasteiger partial charge in [-0.15, -0.1) is 0 Å². The normalized spacial score (nSPS) is 11.0. The first kappa shape index (κ1) is 14.5. The number of carboxylic acid groups (broad SMARTS) is 1. The highest BCUT2D eigenvalue weighted by Gasteiger charge is 2.08. The van der Waals surface area contributed by atoms with Gasteiger partial charge in [-0.25, -0.2) is 10.2 Å². The molecule has 0 radical (unpaired) electrons. The molecule has 0 fully saturated rings. The molecule has 0 aromatic heterocycles. The summed E-state index contributed by atoms with van der Waals surface area (Å²) in [5, 5.41) is 13.0. The summed E-state index contributed by atoms with van der Waals surface area (Å²) >= 11 is 0. The van der Waals surface area contributed by atoms with Crippen LogP contribution in [0, 0.1) is 0 Å². The molecule has 2 aromatic carbocycles. The van der Waals surface area contributed by atoms with Gasteiger partial charge < -0.3 is 10.5 Å². The predicted octanol–water partition coefficient (Wildman–Crippen LogP) is 2.16. The number of anilines is 2. The van der Waals surface area contributed by atoms with Crippen molar-refractivity contribution in [2.45, 2.75) is 0 Å². The van der Waals surface area contributed by atoms with E-state index in [0.717, 1.165) is 11.4 Å². The number of hydrazine groups is 1. The van der Waals surface area contributed by atoms with Gasteiger partial charge in [0.15, 0.2) is 5.71 Å². The summed E-state index contributed by atoms with van der Waals surface area (Å²) in [7, 11) is 0. The lowest BCUT2D eigenvalue weighted by atomic mass is 10.3. The standard InChI is InChI=1S/C15H16N4O2/c20-15(21)14(19-18-13-9-5-2-6-10-13)11-16-17-12-7-3-1-4-8-12/h1-10,16-18H,11H2,(H,20,21). The fraction of sp³-hybridized carbons (Fsp3) is 0.0667. The van der Waals surface area contributed by atoms with Crippen LogP contribution >= 0.6 is 0 Å². The van der Waals surface area contributed by atoms with Crippen molar-refractivity contribution >= 4 is 23.1 Å². The molecule has 0 unspecified atom stereocenters. The molecule has 0 aliphatic heterocycles. The lowest BCUT2D eigenvalue weighted by Crippen LogP contribution is -2.33. The first-order valence-electron chi connectivity index (χ1n) is 6.40. The average molecular weight is 284 g/mol. The van der Waals surface area contributed by atoms with Crippen LogP contribution in [0.25, 0.3) is 0 Å². The van der Waals surface area contributed by atoms with E-state index in [9.17, 15) is 4.79 Å². The van der Waals surface area contributed by atoms with Crippen LogP contribution in [0.4, 0.5) is 11.4 Å². The van der Waals surface area contributed by atoms with Crippen LogP contribution in [0.2, 0.25) is 0 Å². The van der Waals surface area contributed by atoms with Gasteiger partial charge in [-0.05, 0) is 24.3 Å². The average Bonchev–Trinajstić information content (AvgIpc) is 2.52. The molecule has 0 saturated carbocycles. The minimum atomic E-state index is -1.08. The van der Waals surface area contributed by atoms with Gasteiger partial charge in [0.05, 0.1) is 12.2 Å². The van der Waals surface area contributed by atoms with Crippen molar-refractivity contribution in [2.24, 2.45) is 5.10 Å². The van der Waals surface area contributed by atoms with Gasteiger partial charge in [0.1, 0.15) is 0 Å². The first-order valence-corrected chi connectivity index (χ1v) is 6.40. The van der Waals surface area contributed by atoms with Gasteiger partial charge in [-0.3, -0.25) is 5.43 Å². The van der Waals surface area contributed by atoms with Crippen LogP contribution in [0.1, 0.15) is 0 Å². The number of carbonyl (C=O) groups is 1. The molecule has 6 heteroatoms. The molecule has 0 spiro atoms. The molecule has 0 atom stereocenters. The van der Waals surface area contributed by atoms with E-state index in [1.807, 2.05) is 48.5 Å². The Morgan fingerprint density at radius 2 is 1.52 bits per heavy atom. The minimum absolute atomic E-state index is 0.0257. The number of para-hydroxylation sites is 2. The topological polar surface area (TPSA) is 85.8 Å². The van der Waals surface area contributed by atoms with E-state index in [1.165, 1.54) is 0 Å². The van der Waals surface area contributed by atoms with Crippen molar-refractivity contribution in [1.29, 1.82) is 0 Å². The van der Waals surface area contributed by atoms with Crippen LogP contribution in [0.3, 0.4) is 0 Å². The molecular weight excluding hydrogens is 268 g/mol. The Morgan fingerprint density at radius 3 is 2.10 bits per heavy atom. The first-order chi connectivity index (χ1) is 10.3. The quantitative estimate of drug-likeness (QED) is 0.462. The highest BCUT2D eigenvalue weighted by atomic mass is 16.4. The van der Waals surface area contributed by atoms with E-state index in [0.29, 0.717) is 0 Å². The number of aliphatic carboxylic acids is 1. The highest BCUT2D eigenvalue weighted by Crippen LogP contribution is 2.05. The van der Waals surface area contributed by atoms with Crippen LogP contribution in [-0.2, 0) is 4.79 Å². The van der Waals surface area contributed by atoms with Crippen LogP contribution in [0.15, 0.2) is 65.8 Å². The third kappa shape index (κ3) is 4.96. The molecule has 2 rings (SSSR count).